The van der Waals surface area contributed by atoms with Crippen LogP contribution in [0.5, 0.6) is 0 Å². The summed E-state index contributed by atoms with van der Waals surface area (Å²) in [4.78, 5) is 12.7. The summed E-state index contributed by atoms with van der Waals surface area (Å²) in [6.45, 7) is 0.765. The molecule has 1 amide bonds. The van der Waals surface area contributed by atoms with E-state index in [4.69, 9.17) is 5.14 Å². The van der Waals surface area contributed by atoms with Crippen LogP contribution in [0.1, 0.15) is 30.6 Å². The molecule has 0 radical (unpaired) electrons. The molecular formula is C14H20N2O3S2. The highest BCUT2D eigenvalue weighted by Crippen LogP contribution is 2.48. The molecule has 1 aromatic heterocycles. The van der Waals surface area contributed by atoms with Crippen LogP contribution in [0.4, 0.5) is 0 Å². The Morgan fingerprint density at radius 2 is 1.90 bits per heavy atom. The third kappa shape index (κ3) is 4.05. The summed E-state index contributed by atoms with van der Waals surface area (Å²) in [5.74, 6) is 2.24. The molecular weight excluding hydrogens is 308 g/mol. The molecule has 2 aliphatic carbocycles. The van der Waals surface area contributed by atoms with Gasteiger partial charge in [-0.2, -0.15) is 0 Å². The maximum absolute atomic E-state index is 12.0. The molecule has 1 heterocycles. The van der Waals surface area contributed by atoms with E-state index in [2.05, 4.69) is 5.32 Å². The van der Waals surface area contributed by atoms with Crippen LogP contribution in [-0.2, 0) is 21.2 Å². The van der Waals surface area contributed by atoms with Gasteiger partial charge in [-0.25, -0.2) is 13.6 Å². The van der Waals surface area contributed by atoms with E-state index in [1.807, 2.05) is 0 Å². The third-order valence-electron chi connectivity index (χ3n) is 4.24. The molecule has 21 heavy (non-hydrogen) atoms. The monoisotopic (exact) mass is 328 g/mol. The first-order chi connectivity index (χ1) is 9.93. The molecule has 0 bridgehead atoms. The van der Waals surface area contributed by atoms with Crippen LogP contribution in [0.25, 0.3) is 0 Å². The molecule has 0 atom stereocenters. The van der Waals surface area contributed by atoms with Crippen LogP contribution in [-0.4, -0.2) is 20.9 Å². The number of nitrogens with one attached hydrogen (secondary N) is 1. The van der Waals surface area contributed by atoms with Gasteiger partial charge in [0.25, 0.3) is 0 Å². The molecule has 0 aliphatic heterocycles. The van der Waals surface area contributed by atoms with Gasteiger partial charge in [0.15, 0.2) is 0 Å². The normalized spacial score (nSPS) is 19.0. The van der Waals surface area contributed by atoms with Crippen molar-refractivity contribution in [2.75, 3.05) is 6.54 Å². The quantitative estimate of drug-likeness (QED) is 0.794. The zero-order valence-corrected chi connectivity index (χ0v) is 13.4. The summed E-state index contributed by atoms with van der Waals surface area (Å²) in [6.07, 6.45) is 5.45. The standard InChI is InChI=1S/C14H20N2O3S2/c15-21(18,19)14-6-5-11(20-14)7-13(17)16-8-12(9-1-2-9)10-3-4-10/h5-6,9-10,12H,1-4,7-8H2,(H,16,17)(H2,15,18,19). The number of hydrogen-bond donors (Lipinski definition) is 2. The fraction of sp³-hybridized carbons (Fsp3) is 0.643. The number of primary sulfonamides is 1. The van der Waals surface area contributed by atoms with Gasteiger partial charge >= 0.3 is 0 Å². The number of amides is 1. The molecule has 3 N–H and O–H groups in total. The van der Waals surface area contributed by atoms with Crippen LogP contribution in [0.15, 0.2) is 16.3 Å². The molecule has 7 heteroatoms. The van der Waals surface area contributed by atoms with E-state index in [1.54, 1.807) is 6.07 Å². The van der Waals surface area contributed by atoms with Crippen molar-refractivity contribution in [3.05, 3.63) is 17.0 Å². The van der Waals surface area contributed by atoms with Crippen LogP contribution in [0.2, 0.25) is 0 Å². The average Bonchev–Trinajstić information content (AvgIpc) is 3.30. The molecule has 1 aromatic rings. The molecule has 5 nitrogen and oxygen atoms in total. The summed E-state index contributed by atoms with van der Waals surface area (Å²) in [5.41, 5.74) is 0. The van der Waals surface area contributed by atoms with Gasteiger partial charge in [-0.3, -0.25) is 4.79 Å². The summed E-state index contributed by atoms with van der Waals surface area (Å²) >= 11 is 1.07. The summed E-state index contributed by atoms with van der Waals surface area (Å²) in [6, 6.07) is 3.11. The highest BCUT2D eigenvalue weighted by Gasteiger charge is 2.41. The number of sulfonamides is 1. The van der Waals surface area contributed by atoms with E-state index < -0.39 is 10.0 Å². The van der Waals surface area contributed by atoms with Crippen molar-refractivity contribution in [1.82, 2.24) is 5.32 Å². The van der Waals surface area contributed by atoms with Crippen molar-refractivity contribution in [3.8, 4) is 0 Å². The third-order valence-corrected chi connectivity index (χ3v) is 6.77. The first-order valence-electron chi connectivity index (χ1n) is 7.31. The minimum atomic E-state index is -3.66. The lowest BCUT2D eigenvalue weighted by Gasteiger charge is -2.15. The highest BCUT2D eigenvalue weighted by atomic mass is 32.2. The van der Waals surface area contributed by atoms with Crippen molar-refractivity contribution in [2.24, 2.45) is 22.9 Å². The number of rotatable bonds is 7. The molecule has 0 saturated heterocycles. The predicted octanol–water partition coefficient (Wildman–Crippen LogP) is 1.49. The van der Waals surface area contributed by atoms with Gasteiger partial charge in [0.1, 0.15) is 4.21 Å². The van der Waals surface area contributed by atoms with Crippen molar-refractivity contribution in [2.45, 2.75) is 36.3 Å². The van der Waals surface area contributed by atoms with Gasteiger partial charge in [0.2, 0.25) is 15.9 Å². The molecule has 2 saturated carbocycles. The SMILES string of the molecule is NS(=O)(=O)c1ccc(CC(=O)NCC(C2CC2)C2CC2)s1. The Labute approximate surface area is 129 Å². The van der Waals surface area contributed by atoms with Crippen molar-refractivity contribution >= 4 is 27.3 Å². The lowest BCUT2D eigenvalue weighted by atomic mass is 9.98. The van der Waals surface area contributed by atoms with Gasteiger partial charge in [0.05, 0.1) is 6.42 Å². The van der Waals surface area contributed by atoms with Crippen LogP contribution in [0, 0.1) is 17.8 Å². The van der Waals surface area contributed by atoms with Gasteiger partial charge in [-0.1, -0.05) is 0 Å². The van der Waals surface area contributed by atoms with Gasteiger partial charge < -0.3 is 5.32 Å². The molecule has 2 aliphatic rings. The number of carbonyl (C=O) groups excluding carboxylic acids is 1. The van der Waals surface area contributed by atoms with E-state index in [0.717, 1.165) is 34.6 Å². The van der Waals surface area contributed by atoms with Gasteiger partial charge in [-0.15, -0.1) is 11.3 Å². The first-order valence-corrected chi connectivity index (χ1v) is 9.68. The molecule has 0 spiro atoms. The topological polar surface area (TPSA) is 89.3 Å². The lowest BCUT2D eigenvalue weighted by Crippen LogP contribution is -2.32. The maximum Gasteiger partial charge on any atom is 0.247 e. The van der Waals surface area contributed by atoms with E-state index in [-0.39, 0.29) is 16.5 Å². The fourth-order valence-corrected chi connectivity index (χ4v) is 4.60. The Balaban J connectivity index is 1.50. The van der Waals surface area contributed by atoms with Crippen molar-refractivity contribution in [1.29, 1.82) is 0 Å². The first kappa shape index (κ1) is 15.0. The van der Waals surface area contributed by atoms with Crippen LogP contribution >= 0.6 is 11.3 Å². The average molecular weight is 328 g/mol. The second-order valence-electron chi connectivity index (χ2n) is 6.09. The number of hydrogen-bond acceptors (Lipinski definition) is 4. The minimum absolute atomic E-state index is 0.0379. The Morgan fingerprint density at radius 3 is 2.38 bits per heavy atom. The number of thiophene rings is 1. The predicted molar refractivity (Wildman–Crippen MR) is 81.3 cm³/mol. The van der Waals surface area contributed by atoms with Crippen molar-refractivity contribution < 1.29 is 13.2 Å². The second kappa shape index (κ2) is 5.70. The van der Waals surface area contributed by atoms with E-state index in [0.29, 0.717) is 5.92 Å². The summed E-state index contributed by atoms with van der Waals surface area (Å²) < 4.78 is 22.5. The van der Waals surface area contributed by atoms with E-state index in [1.165, 1.54) is 31.7 Å². The van der Waals surface area contributed by atoms with Crippen LogP contribution < -0.4 is 10.5 Å². The van der Waals surface area contributed by atoms with E-state index in [9.17, 15) is 13.2 Å². The van der Waals surface area contributed by atoms with Gasteiger partial charge in [0, 0.05) is 11.4 Å². The molecule has 0 aromatic carbocycles. The van der Waals surface area contributed by atoms with Gasteiger partial charge in [-0.05, 0) is 55.6 Å². The summed E-state index contributed by atoms with van der Waals surface area (Å²) in [5, 5.41) is 8.07. The number of carbonyl (C=O) groups is 1. The van der Waals surface area contributed by atoms with E-state index >= 15 is 0 Å². The molecule has 0 unspecified atom stereocenters. The number of nitrogens with two attached hydrogens (primary N) is 1. The minimum Gasteiger partial charge on any atom is -0.355 e. The second-order valence-corrected chi connectivity index (χ2v) is 9.04. The Hall–Kier alpha value is -0.920. The molecule has 3 rings (SSSR count). The lowest BCUT2D eigenvalue weighted by molar-refractivity contribution is -0.120. The highest BCUT2D eigenvalue weighted by molar-refractivity contribution is 7.91. The largest absolute Gasteiger partial charge is 0.355 e. The zero-order valence-electron chi connectivity index (χ0n) is 11.7. The Bertz CT molecular complexity index is 618. The smallest absolute Gasteiger partial charge is 0.247 e. The van der Waals surface area contributed by atoms with Crippen molar-refractivity contribution in [3.63, 3.8) is 0 Å². The fourth-order valence-electron chi connectivity index (χ4n) is 2.83. The molecule has 116 valence electrons. The summed E-state index contributed by atoms with van der Waals surface area (Å²) in [7, 11) is -3.66. The van der Waals surface area contributed by atoms with Crippen LogP contribution in [0.3, 0.4) is 0 Å². The zero-order chi connectivity index (χ0) is 15.0. The maximum atomic E-state index is 12.0. The Morgan fingerprint density at radius 1 is 1.29 bits per heavy atom. The molecule has 2 fully saturated rings. The Kier molecular flexibility index (Phi) is 4.07.